The maximum atomic E-state index is 12.2. The first-order valence-corrected chi connectivity index (χ1v) is 9.66. The maximum Gasteiger partial charge on any atom is 0.338 e. The molecule has 26 heavy (non-hydrogen) atoms. The second-order valence-electron chi connectivity index (χ2n) is 6.67. The normalized spacial score (nSPS) is 17.4. The molecular formula is C21H25BrClNO2. The van der Waals surface area contributed by atoms with Gasteiger partial charge in [-0.05, 0) is 61.7 Å². The van der Waals surface area contributed by atoms with Crippen molar-refractivity contribution in [2.45, 2.75) is 45.4 Å². The molecule has 0 bridgehead atoms. The van der Waals surface area contributed by atoms with Gasteiger partial charge in [0.15, 0.2) is 0 Å². The number of ether oxygens (including phenoxy) is 1. The molecule has 5 heteroatoms. The lowest BCUT2D eigenvalue weighted by atomic mass is 10.0. The smallest absolute Gasteiger partial charge is 0.338 e. The van der Waals surface area contributed by atoms with E-state index in [0.29, 0.717) is 18.2 Å². The minimum Gasteiger partial charge on any atom is -0.457 e. The molecule has 0 spiro atoms. The van der Waals surface area contributed by atoms with E-state index in [1.807, 2.05) is 18.2 Å². The van der Waals surface area contributed by atoms with Crippen molar-refractivity contribution in [1.82, 2.24) is 4.90 Å². The Hall–Kier alpha value is -1.36. The average Bonchev–Trinajstić information content (AvgIpc) is 2.63. The van der Waals surface area contributed by atoms with Gasteiger partial charge in [-0.3, -0.25) is 4.90 Å². The third-order valence-electron chi connectivity index (χ3n) is 4.87. The Morgan fingerprint density at radius 1 is 1.12 bits per heavy atom. The molecule has 1 heterocycles. The second kappa shape index (κ2) is 10.1. The quantitative estimate of drug-likeness (QED) is 0.569. The van der Waals surface area contributed by atoms with Crippen molar-refractivity contribution in [3.63, 3.8) is 0 Å². The van der Waals surface area contributed by atoms with Crippen molar-refractivity contribution >= 4 is 34.3 Å². The largest absolute Gasteiger partial charge is 0.457 e. The average molecular weight is 439 g/mol. The lowest BCUT2D eigenvalue weighted by molar-refractivity contribution is 0.0470. The number of halogens is 2. The van der Waals surface area contributed by atoms with Crippen molar-refractivity contribution in [1.29, 1.82) is 0 Å². The number of esters is 1. The summed E-state index contributed by atoms with van der Waals surface area (Å²) < 4.78 is 6.49. The molecule has 3 nitrogen and oxygen atoms in total. The van der Waals surface area contributed by atoms with Crippen LogP contribution in [0.15, 0.2) is 53.0 Å². The van der Waals surface area contributed by atoms with Gasteiger partial charge in [-0.1, -0.05) is 46.6 Å². The molecular weight excluding hydrogens is 414 g/mol. The molecule has 0 N–H and O–H groups in total. The highest BCUT2D eigenvalue weighted by atomic mass is 79.9. The zero-order chi connectivity index (χ0) is 17.6. The first-order chi connectivity index (χ1) is 12.1. The third kappa shape index (κ3) is 5.57. The molecule has 1 aliphatic heterocycles. The van der Waals surface area contributed by atoms with Gasteiger partial charge < -0.3 is 4.74 Å². The molecule has 0 radical (unpaired) electrons. The van der Waals surface area contributed by atoms with Crippen molar-refractivity contribution in [2.75, 3.05) is 6.54 Å². The summed E-state index contributed by atoms with van der Waals surface area (Å²) >= 11 is 3.37. The monoisotopic (exact) mass is 437 g/mol. The van der Waals surface area contributed by atoms with Crippen molar-refractivity contribution in [3.8, 4) is 0 Å². The Morgan fingerprint density at radius 2 is 1.81 bits per heavy atom. The van der Waals surface area contributed by atoms with Crippen LogP contribution in [0.25, 0.3) is 0 Å². The molecule has 1 fully saturated rings. The van der Waals surface area contributed by atoms with Gasteiger partial charge in [0, 0.05) is 17.1 Å². The van der Waals surface area contributed by atoms with E-state index in [-0.39, 0.29) is 18.4 Å². The maximum absolute atomic E-state index is 12.2. The zero-order valence-electron chi connectivity index (χ0n) is 15.0. The van der Waals surface area contributed by atoms with Gasteiger partial charge in [0.1, 0.15) is 6.61 Å². The first kappa shape index (κ1) is 20.9. The van der Waals surface area contributed by atoms with Crippen LogP contribution in [0, 0.1) is 0 Å². The highest BCUT2D eigenvalue weighted by Gasteiger charge is 2.19. The van der Waals surface area contributed by atoms with Crippen LogP contribution in [0.2, 0.25) is 0 Å². The summed E-state index contributed by atoms with van der Waals surface area (Å²) in [4.78, 5) is 14.8. The molecule has 0 aromatic heterocycles. The van der Waals surface area contributed by atoms with Crippen molar-refractivity contribution in [2.24, 2.45) is 0 Å². The lowest BCUT2D eigenvalue weighted by Gasteiger charge is -2.33. The summed E-state index contributed by atoms with van der Waals surface area (Å²) in [5, 5.41) is 0. The third-order valence-corrected chi connectivity index (χ3v) is 5.40. The Labute approximate surface area is 170 Å². The number of rotatable bonds is 5. The van der Waals surface area contributed by atoms with Crippen LogP contribution in [0.3, 0.4) is 0 Å². The Bertz CT molecular complexity index is 720. The van der Waals surface area contributed by atoms with E-state index >= 15 is 0 Å². The van der Waals surface area contributed by atoms with Crippen molar-refractivity contribution < 1.29 is 9.53 Å². The number of likely N-dealkylation sites (tertiary alicyclic amines) is 1. The SMILES string of the molecule is CC1CCCCN1Cc1ccccc1COC(=O)c1ccc(Br)cc1.Cl. The first-order valence-electron chi connectivity index (χ1n) is 8.87. The van der Waals surface area contributed by atoms with Gasteiger partial charge in [0.2, 0.25) is 0 Å². The lowest BCUT2D eigenvalue weighted by Crippen LogP contribution is -2.37. The van der Waals surface area contributed by atoms with E-state index in [4.69, 9.17) is 4.74 Å². The number of benzene rings is 2. The number of nitrogens with zero attached hydrogens (tertiary/aromatic N) is 1. The standard InChI is InChI=1S/C21H24BrNO2.ClH/c1-16-6-4-5-13-23(16)14-18-7-2-3-8-19(18)15-25-21(24)17-9-11-20(22)12-10-17;/h2-3,7-12,16H,4-6,13-15H2,1H3;1H. The van der Waals surface area contributed by atoms with E-state index in [9.17, 15) is 4.79 Å². The molecule has 2 aromatic rings. The highest BCUT2D eigenvalue weighted by molar-refractivity contribution is 9.10. The molecule has 0 aliphatic carbocycles. The fourth-order valence-electron chi connectivity index (χ4n) is 3.28. The summed E-state index contributed by atoms with van der Waals surface area (Å²) in [6.07, 6.45) is 3.86. The number of hydrogen-bond donors (Lipinski definition) is 0. The van der Waals surface area contributed by atoms with E-state index in [0.717, 1.165) is 23.1 Å². The Balaban J connectivity index is 0.00000243. The predicted molar refractivity (Wildman–Crippen MR) is 111 cm³/mol. The van der Waals surface area contributed by atoms with Crippen LogP contribution < -0.4 is 0 Å². The molecule has 140 valence electrons. The molecule has 2 aromatic carbocycles. The minimum atomic E-state index is -0.284. The fourth-order valence-corrected chi connectivity index (χ4v) is 3.54. The Morgan fingerprint density at radius 3 is 2.50 bits per heavy atom. The van der Waals surface area contributed by atoms with E-state index in [2.05, 4.69) is 46.0 Å². The molecule has 0 amide bonds. The molecule has 0 saturated carbocycles. The van der Waals surface area contributed by atoms with Gasteiger partial charge in [-0.2, -0.15) is 0 Å². The Kier molecular flexibility index (Phi) is 8.14. The number of carbonyl (C=O) groups is 1. The summed E-state index contributed by atoms with van der Waals surface area (Å²) in [5.41, 5.74) is 2.91. The number of carbonyl (C=O) groups excluding carboxylic acids is 1. The van der Waals surface area contributed by atoms with Crippen LogP contribution in [0.5, 0.6) is 0 Å². The van der Waals surface area contributed by atoms with E-state index in [1.165, 1.54) is 24.8 Å². The predicted octanol–water partition coefficient (Wildman–Crippen LogP) is 5.60. The van der Waals surface area contributed by atoms with Crippen LogP contribution in [0.4, 0.5) is 0 Å². The van der Waals surface area contributed by atoms with E-state index < -0.39 is 0 Å². The molecule has 1 unspecified atom stereocenters. The number of hydrogen-bond acceptors (Lipinski definition) is 3. The van der Waals surface area contributed by atoms with Gasteiger partial charge in [-0.25, -0.2) is 4.79 Å². The summed E-state index contributed by atoms with van der Waals surface area (Å²) in [5.74, 6) is -0.284. The summed E-state index contributed by atoms with van der Waals surface area (Å²) in [6.45, 7) is 4.68. The van der Waals surface area contributed by atoms with Crippen LogP contribution in [-0.2, 0) is 17.9 Å². The van der Waals surface area contributed by atoms with Gasteiger partial charge in [-0.15, -0.1) is 12.4 Å². The molecule has 1 aliphatic rings. The van der Waals surface area contributed by atoms with Crippen LogP contribution in [-0.4, -0.2) is 23.5 Å². The topological polar surface area (TPSA) is 29.5 Å². The molecule has 1 saturated heterocycles. The van der Waals surface area contributed by atoms with Gasteiger partial charge in [0.25, 0.3) is 0 Å². The number of piperidine rings is 1. The van der Waals surface area contributed by atoms with E-state index in [1.54, 1.807) is 12.1 Å². The summed E-state index contributed by atoms with van der Waals surface area (Å²) in [6, 6.07) is 16.1. The van der Waals surface area contributed by atoms with Crippen LogP contribution in [0.1, 0.15) is 47.7 Å². The van der Waals surface area contributed by atoms with Crippen LogP contribution >= 0.6 is 28.3 Å². The van der Waals surface area contributed by atoms with Gasteiger partial charge in [0.05, 0.1) is 5.56 Å². The highest BCUT2D eigenvalue weighted by Crippen LogP contribution is 2.21. The second-order valence-corrected chi connectivity index (χ2v) is 7.58. The van der Waals surface area contributed by atoms with Crippen molar-refractivity contribution in [3.05, 3.63) is 69.7 Å². The fraction of sp³-hybridized carbons (Fsp3) is 0.381. The van der Waals surface area contributed by atoms with Gasteiger partial charge >= 0.3 is 5.97 Å². The molecule has 3 rings (SSSR count). The molecule has 1 atom stereocenters. The zero-order valence-corrected chi connectivity index (χ0v) is 17.4. The summed E-state index contributed by atoms with van der Waals surface area (Å²) in [7, 11) is 0. The minimum absolute atomic E-state index is 0.